The molecule has 0 aliphatic heterocycles. The molecule has 1 aromatic carbocycles. The van der Waals surface area contributed by atoms with Gasteiger partial charge in [-0.25, -0.2) is 0 Å². The van der Waals surface area contributed by atoms with Crippen LogP contribution in [-0.4, -0.2) is 18.8 Å². The molecule has 0 spiro atoms. The topological polar surface area (TPSA) is 18.5 Å². The smallest absolute Gasteiger partial charge is 0.0883 e. The monoisotopic (exact) mass is 288 g/mol. The second kappa shape index (κ2) is 7.77. The van der Waals surface area contributed by atoms with Gasteiger partial charge in [0.25, 0.3) is 0 Å². The Morgan fingerprint density at radius 1 is 1.05 bits per heavy atom. The molecule has 21 heavy (non-hydrogen) atoms. The molecule has 2 heteroatoms. The summed E-state index contributed by atoms with van der Waals surface area (Å²) in [6.07, 6.45) is 9.24. The van der Waals surface area contributed by atoms with Gasteiger partial charge in [0, 0.05) is 13.0 Å². The number of unbranched alkanes of at least 4 members (excludes halogenated alkanes) is 2. The molecule has 0 saturated heterocycles. The Hall–Kier alpha value is -1.12. The maximum atomic E-state index is 6.28. The van der Waals surface area contributed by atoms with Gasteiger partial charge in [-0.3, -0.25) is 0 Å². The second-order valence-corrected chi connectivity index (χ2v) is 6.27. The zero-order valence-electron chi connectivity index (χ0n) is 13.5. The third kappa shape index (κ3) is 4.98. The van der Waals surface area contributed by atoms with Crippen molar-refractivity contribution >= 4 is 0 Å². The van der Waals surface area contributed by atoms with Crippen molar-refractivity contribution in [1.82, 2.24) is 0 Å². The van der Waals surface area contributed by atoms with Crippen molar-refractivity contribution in [2.24, 2.45) is 0 Å². The van der Waals surface area contributed by atoms with E-state index in [-0.39, 0.29) is 17.8 Å². The zero-order chi connectivity index (χ0) is 15.1. The summed E-state index contributed by atoms with van der Waals surface area (Å²) in [5.74, 6) is 0. The molecule has 0 aromatic heterocycles. The first-order chi connectivity index (χ1) is 10.1. The summed E-state index contributed by atoms with van der Waals surface area (Å²) >= 11 is 0. The van der Waals surface area contributed by atoms with Gasteiger partial charge in [0.1, 0.15) is 0 Å². The lowest BCUT2D eigenvalue weighted by Crippen LogP contribution is -2.27. The molecule has 0 radical (unpaired) electrons. The minimum Gasteiger partial charge on any atom is -0.374 e. The van der Waals surface area contributed by atoms with E-state index in [1.54, 1.807) is 0 Å². The van der Waals surface area contributed by atoms with Crippen LogP contribution in [-0.2, 0) is 15.1 Å². The average molecular weight is 288 g/mol. The van der Waals surface area contributed by atoms with Crippen LogP contribution in [0.25, 0.3) is 0 Å². The highest BCUT2D eigenvalue weighted by Gasteiger charge is 2.28. The maximum Gasteiger partial charge on any atom is 0.0883 e. The number of hydrogen-bond donors (Lipinski definition) is 0. The van der Waals surface area contributed by atoms with Crippen LogP contribution in [0.1, 0.15) is 52.0 Å². The highest BCUT2D eigenvalue weighted by atomic mass is 16.5. The standard InChI is InChI=1S/C19H28O2/c1-4-5-9-14-20-17-12-13-18(15-17)21-19(2,3)16-10-7-6-8-11-16/h6-8,10-13,17-18H,4-5,9,14-15H2,1-3H3. The third-order valence-electron chi connectivity index (χ3n) is 4.00. The van der Waals surface area contributed by atoms with Crippen molar-refractivity contribution in [3.8, 4) is 0 Å². The van der Waals surface area contributed by atoms with Crippen molar-refractivity contribution in [2.75, 3.05) is 6.61 Å². The summed E-state index contributed by atoms with van der Waals surface area (Å²) < 4.78 is 12.2. The second-order valence-electron chi connectivity index (χ2n) is 6.27. The average Bonchev–Trinajstić information content (AvgIpc) is 2.91. The van der Waals surface area contributed by atoms with Gasteiger partial charge >= 0.3 is 0 Å². The predicted molar refractivity (Wildman–Crippen MR) is 87.4 cm³/mol. The van der Waals surface area contributed by atoms with E-state index in [0.717, 1.165) is 19.4 Å². The van der Waals surface area contributed by atoms with Gasteiger partial charge in [0.2, 0.25) is 0 Å². The molecule has 2 unspecified atom stereocenters. The van der Waals surface area contributed by atoms with Crippen molar-refractivity contribution in [2.45, 2.75) is 64.3 Å². The molecule has 1 aliphatic carbocycles. The summed E-state index contributed by atoms with van der Waals surface area (Å²) in [7, 11) is 0. The Labute approximate surface area is 129 Å². The Kier molecular flexibility index (Phi) is 6.01. The van der Waals surface area contributed by atoms with Crippen molar-refractivity contribution in [3.05, 3.63) is 48.0 Å². The Morgan fingerprint density at radius 2 is 1.76 bits per heavy atom. The molecule has 0 saturated carbocycles. The van der Waals surface area contributed by atoms with E-state index in [1.165, 1.54) is 18.4 Å². The highest BCUT2D eigenvalue weighted by molar-refractivity contribution is 5.21. The molecule has 0 fully saturated rings. The number of hydrogen-bond acceptors (Lipinski definition) is 2. The third-order valence-corrected chi connectivity index (χ3v) is 4.00. The lowest BCUT2D eigenvalue weighted by molar-refractivity contribution is -0.0665. The molecule has 2 nitrogen and oxygen atoms in total. The number of rotatable bonds is 8. The quantitative estimate of drug-likeness (QED) is 0.503. The Bertz CT molecular complexity index is 436. The van der Waals surface area contributed by atoms with Gasteiger partial charge in [-0.2, -0.15) is 0 Å². The van der Waals surface area contributed by atoms with Crippen LogP contribution in [0, 0.1) is 0 Å². The van der Waals surface area contributed by atoms with E-state index < -0.39 is 0 Å². The summed E-state index contributed by atoms with van der Waals surface area (Å²) in [4.78, 5) is 0. The fraction of sp³-hybridized carbons (Fsp3) is 0.579. The molecular formula is C19H28O2. The van der Waals surface area contributed by atoms with E-state index in [0.29, 0.717) is 0 Å². The molecule has 1 aromatic rings. The first-order valence-corrected chi connectivity index (χ1v) is 8.15. The molecule has 0 heterocycles. The van der Waals surface area contributed by atoms with Crippen LogP contribution in [0.15, 0.2) is 42.5 Å². The van der Waals surface area contributed by atoms with E-state index in [2.05, 4.69) is 57.2 Å². The molecule has 0 amide bonds. The van der Waals surface area contributed by atoms with E-state index in [4.69, 9.17) is 9.47 Å². The normalized spacial score (nSPS) is 21.9. The van der Waals surface area contributed by atoms with Crippen molar-refractivity contribution < 1.29 is 9.47 Å². The lowest BCUT2D eigenvalue weighted by atomic mass is 9.98. The predicted octanol–water partition coefficient (Wildman–Crippen LogP) is 4.84. The van der Waals surface area contributed by atoms with Crippen LogP contribution >= 0.6 is 0 Å². The molecule has 1 aliphatic rings. The zero-order valence-corrected chi connectivity index (χ0v) is 13.5. The molecule has 0 N–H and O–H groups in total. The van der Waals surface area contributed by atoms with E-state index >= 15 is 0 Å². The SMILES string of the molecule is CCCCCOC1C=CC(OC(C)(C)c2ccccc2)C1. The fourth-order valence-corrected chi connectivity index (χ4v) is 2.72. The Balaban J connectivity index is 1.79. The molecule has 116 valence electrons. The van der Waals surface area contributed by atoms with Crippen molar-refractivity contribution in [3.63, 3.8) is 0 Å². The molecular weight excluding hydrogens is 260 g/mol. The highest BCUT2D eigenvalue weighted by Crippen LogP contribution is 2.30. The summed E-state index contributed by atoms with van der Waals surface area (Å²) in [6.45, 7) is 7.33. The van der Waals surface area contributed by atoms with Gasteiger partial charge in [0.05, 0.1) is 17.8 Å². The first kappa shape index (κ1) is 16.3. The van der Waals surface area contributed by atoms with Crippen LogP contribution in [0.4, 0.5) is 0 Å². The summed E-state index contributed by atoms with van der Waals surface area (Å²) in [5, 5.41) is 0. The van der Waals surface area contributed by atoms with Crippen LogP contribution in [0.2, 0.25) is 0 Å². The molecule has 2 atom stereocenters. The summed E-state index contributed by atoms with van der Waals surface area (Å²) in [6, 6.07) is 10.4. The van der Waals surface area contributed by atoms with Crippen LogP contribution < -0.4 is 0 Å². The van der Waals surface area contributed by atoms with Crippen LogP contribution in [0.5, 0.6) is 0 Å². The van der Waals surface area contributed by atoms with E-state index in [9.17, 15) is 0 Å². The van der Waals surface area contributed by atoms with E-state index in [1.807, 2.05) is 6.07 Å². The van der Waals surface area contributed by atoms with Crippen LogP contribution in [0.3, 0.4) is 0 Å². The minimum atomic E-state index is -0.270. The van der Waals surface area contributed by atoms with Gasteiger partial charge in [-0.15, -0.1) is 0 Å². The van der Waals surface area contributed by atoms with Crippen molar-refractivity contribution in [1.29, 1.82) is 0 Å². The Morgan fingerprint density at radius 3 is 2.48 bits per heavy atom. The lowest BCUT2D eigenvalue weighted by Gasteiger charge is -2.29. The molecule has 2 rings (SSSR count). The van der Waals surface area contributed by atoms with Gasteiger partial charge < -0.3 is 9.47 Å². The number of ether oxygens (including phenoxy) is 2. The van der Waals surface area contributed by atoms with Gasteiger partial charge in [-0.1, -0.05) is 62.2 Å². The first-order valence-electron chi connectivity index (χ1n) is 8.15. The summed E-state index contributed by atoms with van der Waals surface area (Å²) in [5.41, 5.74) is 0.943. The largest absolute Gasteiger partial charge is 0.374 e. The van der Waals surface area contributed by atoms with Gasteiger partial charge in [0.15, 0.2) is 0 Å². The minimum absolute atomic E-state index is 0.149. The number of benzene rings is 1. The van der Waals surface area contributed by atoms with Gasteiger partial charge in [-0.05, 0) is 25.8 Å². The molecule has 0 bridgehead atoms. The maximum absolute atomic E-state index is 6.28. The fourth-order valence-electron chi connectivity index (χ4n) is 2.72.